The van der Waals surface area contributed by atoms with Crippen LogP contribution < -0.4 is 0 Å². The van der Waals surface area contributed by atoms with E-state index in [1.807, 2.05) is 18.2 Å². The molecule has 0 amide bonds. The van der Waals surface area contributed by atoms with E-state index < -0.39 is 5.60 Å². The van der Waals surface area contributed by atoms with Crippen LogP contribution in [-0.4, -0.2) is 29.6 Å². The quantitative estimate of drug-likeness (QED) is 0.822. The normalized spacial score (nSPS) is 37.2. The molecule has 1 unspecified atom stereocenters. The van der Waals surface area contributed by atoms with Gasteiger partial charge in [-0.15, -0.1) is 0 Å². The van der Waals surface area contributed by atoms with Crippen molar-refractivity contribution in [2.45, 2.75) is 43.7 Å². The summed E-state index contributed by atoms with van der Waals surface area (Å²) >= 11 is 0. The highest BCUT2D eigenvalue weighted by Gasteiger charge is 2.47. The molecule has 1 N–H and O–H groups in total. The Balaban J connectivity index is 1.95. The van der Waals surface area contributed by atoms with E-state index in [-0.39, 0.29) is 0 Å². The molecule has 3 rings (SSSR count). The number of benzene rings is 1. The summed E-state index contributed by atoms with van der Waals surface area (Å²) in [6.07, 6.45) is 5.87. The average Bonchev–Trinajstić information content (AvgIpc) is 2.44. The van der Waals surface area contributed by atoms with Gasteiger partial charge in [0.1, 0.15) is 0 Å². The first kappa shape index (κ1) is 12.2. The van der Waals surface area contributed by atoms with Crippen molar-refractivity contribution in [1.82, 2.24) is 4.90 Å². The summed E-state index contributed by atoms with van der Waals surface area (Å²) < 4.78 is 0. The predicted octanol–water partition coefficient (Wildman–Crippen LogP) is 2.77. The van der Waals surface area contributed by atoms with Gasteiger partial charge in [0, 0.05) is 18.5 Å². The highest BCUT2D eigenvalue weighted by Crippen LogP contribution is 2.46. The number of hydrogen-bond acceptors (Lipinski definition) is 2. The lowest BCUT2D eigenvalue weighted by Crippen LogP contribution is -2.56. The van der Waals surface area contributed by atoms with Crippen molar-refractivity contribution in [3.05, 3.63) is 35.9 Å². The summed E-state index contributed by atoms with van der Waals surface area (Å²) in [7, 11) is 2.22. The average molecular weight is 245 g/mol. The minimum Gasteiger partial charge on any atom is -0.385 e. The van der Waals surface area contributed by atoms with Crippen molar-refractivity contribution < 1.29 is 5.11 Å². The van der Waals surface area contributed by atoms with Crippen LogP contribution in [-0.2, 0) is 5.60 Å². The molecule has 18 heavy (non-hydrogen) atoms. The highest BCUT2D eigenvalue weighted by atomic mass is 16.3. The molecule has 1 heterocycles. The molecular formula is C16H23NO. The highest BCUT2D eigenvalue weighted by molar-refractivity contribution is 5.25. The molecule has 2 nitrogen and oxygen atoms in total. The maximum atomic E-state index is 11.2. The van der Waals surface area contributed by atoms with Crippen LogP contribution in [0, 0.1) is 5.92 Å². The molecule has 1 aliphatic carbocycles. The summed E-state index contributed by atoms with van der Waals surface area (Å²) in [5.41, 5.74) is 0.522. The molecule has 1 aliphatic heterocycles. The monoisotopic (exact) mass is 245 g/mol. The maximum absolute atomic E-state index is 11.2. The fourth-order valence-corrected chi connectivity index (χ4v) is 3.98. The smallest absolute Gasteiger partial charge is 0.0951 e. The molecule has 1 aromatic rings. The summed E-state index contributed by atoms with van der Waals surface area (Å²) in [5, 5.41) is 11.2. The third-order valence-electron chi connectivity index (χ3n) is 5.03. The second-order valence-corrected chi connectivity index (χ2v) is 5.98. The molecule has 3 atom stereocenters. The molecule has 2 heteroatoms. The van der Waals surface area contributed by atoms with E-state index in [0.717, 1.165) is 18.5 Å². The number of aliphatic hydroxyl groups is 1. The van der Waals surface area contributed by atoms with Gasteiger partial charge in [0.25, 0.3) is 0 Å². The summed E-state index contributed by atoms with van der Waals surface area (Å²) in [6, 6.07) is 10.9. The van der Waals surface area contributed by atoms with Crippen LogP contribution in [0.2, 0.25) is 0 Å². The van der Waals surface area contributed by atoms with Crippen molar-refractivity contribution in [3.63, 3.8) is 0 Å². The zero-order chi connectivity index (χ0) is 12.6. The van der Waals surface area contributed by atoms with E-state index in [9.17, 15) is 5.11 Å². The van der Waals surface area contributed by atoms with Crippen LogP contribution in [0.25, 0.3) is 0 Å². The number of nitrogens with zero attached hydrogens (tertiary/aromatic N) is 1. The molecule has 1 saturated heterocycles. The number of hydrogen-bond donors (Lipinski definition) is 1. The minimum absolute atomic E-state index is 0.410. The van der Waals surface area contributed by atoms with Crippen molar-refractivity contribution >= 4 is 0 Å². The molecule has 0 aromatic heterocycles. The van der Waals surface area contributed by atoms with Gasteiger partial charge in [-0.25, -0.2) is 0 Å². The first-order chi connectivity index (χ1) is 8.72. The van der Waals surface area contributed by atoms with Crippen LogP contribution in [0.5, 0.6) is 0 Å². The Labute approximate surface area is 110 Å². The molecule has 0 bridgehead atoms. The zero-order valence-corrected chi connectivity index (χ0v) is 11.2. The lowest BCUT2D eigenvalue weighted by atomic mass is 9.66. The third-order valence-corrected chi connectivity index (χ3v) is 5.03. The van der Waals surface area contributed by atoms with Gasteiger partial charge < -0.3 is 10.0 Å². The van der Waals surface area contributed by atoms with Crippen LogP contribution in [0.3, 0.4) is 0 Å². The molecule has 2 aliphatic rings. The Kier molecular flexibility index (Phi) is 3.16. The van der Waals surface area contributed by atoms with Crippen molar-refractivity contribution in [2.24, 2.45) is 5.92 Å². The number of piperidine rings is 1. The SMILES string of the molecule is CN1CCC(O)(c2ccccc2)[C@H]2CCCC[C@@H]21. The standard InChI is InChI=1S/C16H23NO/c1-17-12-11-16(18,13-7-3-2-4-8-13)14-9-5-6-10-15(14)17/h2-4,7-8,14-15,18H,5-6,9-12H2,1H3/t14-,15-,16?/m0/s1. The minimum atomic E-state index is -0.598. The summed E-state index contributed by atoms with van der Waals surface area (Å²) in [5.74, 6) is 0.410. The first-order valence-electron chi connectivity index (χ1n) is 7.20. The van der Waals surface area contributed by atoms with Crippen molar-refractivity contribution in [2.75, 3.05) is 13.6 Å². The molecule has 1 aromatic carbocycles. The van der Waals surface area contributed by atoms with Crippen LogP contribution in [0.1, 0.15) is 37.7 Å². The lowest BCUT2D eigenvalue weighted by Gasteiger charge is -2.51. The Morgan fingerprint density at radius 1 is 1.17 bits per heavy atom. The Bertz CT molecular complexity index is 405. The van der Waals surface area contributed by atoms with E-state index >= 15 is 0 Å². The Morgan fingerprint density at radius 3 is 2.67 bits per heavy atom. The van der Waals surface area contributed by atoms with Gasteiger partial charge in [-0.1, -0.05) is 43.2 Å². The van der Waals surface area contributed by atoms with E-state index in [1.54, 1.807) is 0 Å². The van der Waals surface area contributed by atoms with Gasteiger partial charge in [-0.05, 0) is 31.9 Å². The maximum Gasteiger partial charge on any atom is 0.0951 e. The van der Waals surface area contributed by atoms with E-state index in [0.29, 0.717) is 12.0 Å². The molecular weight excluding hydrogens is 222 g/mol. The lowest BCUT2D eigenvalue weighted by molar-refractivity contribution is -0.114. The van der Waals surface area contributed by atoms with Gasteiger partial charge in [0.15, 0.2) is 0 Å². The molecule has 0 spiro atoms. The predicted molar refractivity (Wildman–Crippen MR) is 73.3 cm³/mol. The summed E-state index contributed by atoms with van der Waals surface area (Å²) in [6.45, 7) is 1.01. The number of rotatable bonds is 1. The molecule has 0 radical (unpaired) electrons. The zero-order valence-electron chi connectivity index (χ0n) is 11.2. The Hall–Kier alpha value is -0.860. The van der Waals surface area contributed by atoms with E-state index in [2.05, 4.69) is 24.1 Å². The van der Waals surface area contributed by atoms with E-state index in [4.69, 9.17) is 0 Å². The number of likely N-dealkylation sites (tertiary alicyclic amines) is 1. The van der Waals surface area contributed by atoms with Gasteiger partial charge >= 0.3 is 0 Å². The second-order valence-electron chi connectivity index (χ2n) is 5.98. The Morgan fingerprint density at radius 2 is 1.89 bits per heavy atom. The van der Waals surface area contributed by atoms with Crippen molar-refractivity contribution in [3.8, 4) is 0 Å². The largest absolute Gasteiger partial charge is 0.385 e. The molecule has 98 valence electrons. The fourth-order valence-electron chi connectivity index (χ4n) is 3.98. The molecule has 1 saturated carbocycles. The van der Waals surface area contributed by atoms with Gasteiger partial charge in [-0.2, -0.15) is 0 Å². The number of fused-ring (bicyclic) bond motifs is 1. The second kappa shape index (κ2) is 4.67. The molecule has 2 fully saturated rings. The van der Waals surface area contributed by atoms with Gasteiger partial charge in [-0.3, -0.25) is 0 Å². The topological polar surface area (TPSA) is 23.5 Å². The van der Waals surface area contributed by atoms with Crippen LogP contribution in [0.4, 0.5) is 0 Å². The van der Waals surface area contributed by atoms with Gasteiger partial charge in [0.2, 0.25) is 0 Å². The third kappa shape index (κ3) is 1.88. The van der Waals surface area contributed by atoms with E-state index in [1.165, 1.54) is 25.7 Å². The summed E-state index contributed by atoms with van der Waals surface area (Å²) in [4.78, 5) is 2.46. The van der Waals surface area contributed by atoms with Gasteiger partial charge in [0.05, 0.1) is 5.60 Å². The first-order valence-corrected chi connectivity index (χ1v) is 7.20. The van der Waals surface area contributed by atoms with Crippen LogP contribution in [0.15, 0.2) is 30.3 Å². The fraction of sp³-hybridized carbons (Fsp3) is 0.625. The van der Waals surface area contributed by atoms with Crippen molar-refractivity contribution in [1.29, 1.82) is 0 Å². The van der Waals surface area contributed by atoms with Crippen LogP contribution >= 0.6 is 0 Å².